The van der Waals surface area contributed by atoms with Crippen LogP contribution in [0.2, 0.25) is 0 Å². The van der Waals surface area contributed by atoms with Crippen LogP contribution in [0.25, 0.3) is 0 Å². The molecule has 0 aromatic rings. The van der Waals surface area contributed by atoms with E-state index >= 15 is 0 Å². The van der Waals surface area contributed by atoms with Gasteiger partial charge < -0.3 is 9.79 Å². The van der Waals surface area contributed by atoms with Crippen LogP contribution in [-0.4, -0.2) is 98.5 Å². The predicted octanol–water partition coefficient (Wildman–Crippen LogP) is -1.70. The van der Waals surface area contributed by atoms with Crippen molar-refractivity contribution in [2.24, 2.45) is 0 Å². The van der Waals surface area contributed by atoms with Crippen LogP contribution < -0.4 is 0 Å². The van der Waals surface area contributed by atoms with Crippen LogP contribution >= 0.6 is 19.7 Å². The topological polar surface area (TPSA) is 66.8 Å². The van der Waals surface area contributed by atoms with Gasteiger partial charge in [0.15, 0.2) is 0 Å². The molecule has 0 unspecified atom stereocenters. The van der Waals surface area contributed by atoms with E-state index in [2.05, 4.69) is 15.9 Å². The van der Waals surface area contributed by atoms with Crippen molar-refractivity contribution >= 4 is 108 Å². The SMILES string of the molecule is O=P(O)(O)OCl.[NaH].[NaH].[NaH]. The van der Waals surface area contributed by atoms with Crippen LogP contribution in [0.1, 0.15) is 0 Å². The van der Waals surface area contributed by atoms with E-state index in [1.165, 1.54) is 0 Å². The standard InChI is InChI=1S/ClH2O4P.3Na.3H/c1-5-6(2,3)4;;;;;;/h(H2,2,3,4);;;;;;. The summed E-state index contributed by atoms with van der Waals surface area (Å²) < 4.78 is 12.4. The number of rotatable bonds is 1. The molecule has 0 spiro atoms. The van der Waals surface area contributed by atoms with E-state index in [9.17, 15) is 4.57 Å². The molecule has 0 radical (unpaired) electrons. The first-order valence-electron chi connectivity index (χ1n) is 0.919. The second kappa shape index (κ2) is 11.4. The molecule has 0 aliphatic heterocycles. The van der Waals surface area contributed by atoms with E-state index in [0.717, 1.165) is 0 Å². The van der Waals surface area contributed by atoms with E-state index in [4.69, 9.17) is 9.79 Å². The maximum atomic E-state index is 9.34. The Labute approximate surface area is 124 Å². The van der Waals surface area contributed by atoms with Gasteiger partial charge in [0.1, 0.15) is 0 Å². The van der Waals surface area contributed by atoms with Crippen molar-refractivity contribution in [2.45, 2.75) is 0 Å². The molecule has 0 saturated heterocycles. The summed E-state index contributed by atoms with van der Waals surface area (Å²) in [5.74, 6) is 0. The van der Waals surface area contributed by atoms with E-state index in [0.29, 0.717) is 0 Å². The Morgan fingerprint density at radius 3 is 1.33 bits per heavy atom. The van der Waals surface area contributed by atoms with E-state index in [-0.39, 0.29) is 88.7 Å². The number of hydrogen-bond acceptors (Lipinski definition) is 2. The Bertz CT molecular complexity index is 79.9. The van der Waals surface area contributed by atoms with E-state index < -0.39 is 7.82 Å². The van der Waals surface area contributed by atoms with Crippen LogP contribution in [0.5, 0.6) is 0 Å². The van der Waals surface area contributed by atoms with Crippen LogP contribution in [-0.2, 0) is 8.64 Å². The van der Waals surface area contributed by atoms with Crippen LogP contribution in [0, 0.1) is 0 Å². The Morgan fingerprint density at radius 2 is 1.33 bits per heavy atom. The Balaban J connectivity index is -0.0000000417. The van der Waals surface area contributed by atoms with Gasteiger partial charge in [-0.2, -0.15) is 4.08 Å². The Morgan fingerprint density at radius 1 is 1.22 bits per heavy atom. The number of phosphoric acid groups is 1. The molecule has 0 fully saturated rings. The Kier molecular flexibility index (Phi) is 28.9. The van der Waals surface area contributed by atoms with Crippen molar-refractivity contribution in [3.8, 4) is 0 Å². The van der Waals surface area contributed by atoms with Crippen LogP contribution in [0.4, 0.5) is 0 Å². The van der Waals surface area contributed by atoms with Gasteiger partial charge in [-0.1, -0.05) is 0 Å². The summed E-state index contributed by atoms with van der Waals surface area (Å²) in [5, 5.41) is 0. The minimum absolute atomic E-state index is 0. The van der Waals surface area contributed by atoms with Crippen molar-refractivity contribution in [3.63, 3.8) is 0 Å². The molecular formula is H5ClNa3O4P. The van der Waals surface area contributed by atoms with E-state index in [1.54, 1.807) is 0 Å². The third-order valence-electron chi connectivity index (χ3n) is 0.0899. The third kappa shape index (κ3) is 24.6. The van der Waals surface area contributed by atoms with Crippen molar-refractivity contribution in [1.29, 1.82) is 0 Å². The van der Waals surface area contributed by atoms with Gasteiger partial charge >= 0.3 is 96.5 Å². The van der Waals surface area contributed by atoms with Crippen LogP contribution in [0.15, 0.2) is 0 Å². The zero-order chi connectivity index (χ0) is 5.21. The predicted molar refractivity (Wildman–Crippen MR) is 40.4 cm³/mol. The molecule has 9 heavy (non-hydrogen) atoms. The van der Waals surface area contributed by atoms with Crippen molar-refractivity contribution in [1.82, 2.24) is 0 Å². The second-order valence-corrected chi connectivity index (χ2v) is 2.09. The number of halogens is 1. The van der Waals surface area contributed by atoms with Gasteiger partial charge in [-0.3, -0.25) is 0 Å². The molecule has 0 atom stereocenters. The summed E-state index contributed by atoms with van der Waals surface area (Å²) in [7, 11) is -4.38. The first kappa shape index (κ1) is 22.8. The van der Waals surface area contributed by atoms with Gasteiger partial charge in [-0.15, -0.1) is 0 Å². The van der Waals surface area contributed by atoms with Gasteiger partial charge in [0.2, 0.25) is 0 Å². The van der Waals surface area contributed by atoms with Gasteiger partial charge in [0.05, 0.1) is 11.9 Å². The zero-order valence-corrected chi connectivity index (χ0v) is 4.19. The fourth-order valence-electron chi connectivity index (χ4n) is 0. The normalized spacial score (nSPS) is 7.89. The molecule has 0 aliphatic rings. The second-order valence-electron chi connectivity index (χ2n) is 0.560. The molecule has 0 aromatic heterocycles. The summed E-state index contributed by atoms with van der Waals surface area (Å²) in [6.07, 6.45) is 0. The van der Waals surface area contributed by atoms with Crippen LogP contribution in [0.3, 0.4) is 0 Å². The zero-order valence-electron chi connectivity index (χ0n) is 2.54. The van der Waals surface area contributed by atoms with Gasteiger partial charge in [0, 0.05) is 0 Å². The molecular weight excluding hydrogens is 199 g/mol. The number of hydrogen-bond donors (Lipinski definition) is 2. The first-order valence-corrected chi connectivity index (χ1v) is 2.76. The molecule has 0 heterocycles. The van der Waals surface area contributed by atoms with E-state index in [1.807, 2.05) is 0 Å². The molecule has 0 bridgehead atoms. The van der Waals surface area contributed by atoms with Crippen molar-refractivity contribution in [3.05, 3.63) is 0 Å². The molecule has 4 nitrogen and oxygen atoms in total. The van der Waals surface area contributed by atoms with Gasteiger partial charge in [0.25, 0.3) is 0 Å². The molecule has 0 amide bonds. The molecule has 2 N–H and O–H groups in total. The average molecular weight is 204 g/mol. The molecule has 0 aromatic carbocycles. The summed E-state index contributed by atoms with van der Waals surface area (Å²) in [5.41, 5.74) is 0. The molecule has 0 aliphatic carbocycles. The molecule has 0 saturated carbocycles. The maximum absolute atomic E-state index is 9.34. The Hall–Kier alpha value is 3.40. The molecule has 0 rings (SSSR count). The molecule has 44 valence electrons. The summed E-state index contributed by atoms with van der Waals surface area (Å²) in [4.78, 5) is 15.2. The summed E-state index contributed by atoms with van der Waals surface area (Å²) in [6, 6.07) is 0. The average Bonchev–Trinajstić information content (AvgIpc) is 1.35. The third-order valence-corrected chi connectivity index (χ3v) is 0.809. The summed E-state index contributed by atoms with van der Waals surface area (Å²) >= 11 is 4.21. The monoisotopic (exact) mass is 204 g/mol. The van der Waals surface area contributed by atoms with Gasteiger partial charge in [-0.05, 0) is 0 Å². The van der Waals surface area contributed by atoms with Crippen molar-refractivity contribution in [2.75, 3.05) is 0 Å². The van der Waals surface area contributed by atoms with Crippen molar-refractivity contribution < 1.29 is 18.4 Å². The fraction of sp³-hybridized carbons (Fsp3) is 0. The quantitative estimate of drug-likeness (QED) is 0.395. The molecule has 9 heteroatoms. The minimum atomic E-state index is -4.38. The van der Waals surface area contributed by atoms with Gasteiger partial charge in [-0.25, -0.2) is 4.57 Å². The summed E-state index contributed by atoms with van der Waals surface area (Å²) in [6.45, 7) is 0. The fourth-order valence-corrected chi connectivity index (χ4v) is 0. The first-order chi connectivity index (χ1) is 2.56.